The van der Waals surface area contributed by atoms with Crippen LogP contribution in [0.25, 0.3) is 0 Å². The van der Waals surface area contributed by atoms with Gasteiger partial charge in [-0.2, -0.15) is 0 Å². The van der Waals surface area contributed by atoms with E-state index in [0.29, 0.717) is 24.7 Å². The minimum absolute atomic E-state index is 0.154. The molecule has 8 nitrogen and oxygen atoms in total. The zero-order valence-electron chi connectivity index (χ0n) is 14.9. The molecule has 1 aromatic heterocycles. The number of nitrogen functional groups attached to an aromatic ring is 1. The SMILES string of the molecule is CCCCn1c(N)c(N(CC)C(=S)NCC[NH+](C)C)c(=O)[nH]c1=O. The lowest BCUT2D eigenvalue weighted by Gasteiger charge is -2.26. The Hall–Kier alpha value is -1.87. The summed E-state index contributed by atoms with van der Waals surface area (Å²) in [7, 11) is 4.10. The molecule has 0 aliphatic rings. The van der Waals surface area contributed by atoms with Gasteiger partial charge in [0.1, 0.15) is 5.82 Å². The van der Waals surface area contributed by atoms with Gasteiger partial charge in [0.25, 0.3) is 5.56 Å². The van der Waals surface area contributed by atoms with Crippen molar-refractivity contribution in [2.45, 2.75) is 33.2 Å². The molecule has 1 rings (SSSR count). The summed E-state index contributed by atoms with van der Waals surface area (Å²) in [6.45, 7) is 6.42. The average Bonchev–Trinajstić information content (AvgIpc) is 2.50. The molecule has 0 saturated heterocycles. The minimum Gasteiger partial charge on any atom is -0.383 e. The van der Waals surface area contributed by atoms with Crippen molar-refractivity contribution in [3.8, 4) is 0 Å². The zero-order valence-corrected chi connectivity index (χ0v) is 15.8. The smallest absolute Gasteiger partial charge is 0.330 e. The van der Waals surface area contributed by atoms with E-state index in [1.807, 2.05) is 13.8 Å². The Morgan fingerprint density at radius 3 is 2.58 bits per heavy atom. The molecule has 0 aliphatic carbocycles. The van der Waals surface area contributed by atoms with Crippen LogP contribution in [-0.2, 0) is 6.54 Å². The van der Waals surface area contributed by atoms with E-state index in [1.54, 1.807) is 4.90 Å². The van der Waals surface area contributed by atoms with Crippen LogP contribution >= 0.6 is 12.2 Å². The molecule has 24 heavy (non-hydrogen) atoms. The van der Waals surface area contributed by atoms with Crippen molar-refractivity contribution in [2.24, 2.45) is 0 Å². The molecule has 5 N–H and O–H groups in total. The number of unbranched alkanes of at least 4 members (excludes halogenated alkanes) is 1. The summed E-state index contributed by atoms with van der Waals surface area (Å²) in [5, 5.41) is 3.56. The molecule has 1 aromatic rings. The summed E-state index contributed by atoms with van der Waals surface area (Å²) in [5.74, 6) is 0.154. The van der Waals surface area contributed by atoms with Crippen molar-refractivity contribution in [3.63, 3.8) is 0 Å². The molecule has 9 heteroatoms. The predicted molar refractivity (Wildman–Crippen MR) is 102 cm³/mol. The molecule has 0 radical (unpaired) electrons. The molecule has 1 heterocycles. The van der Waals surface area contributed by atoms with Crippen LogP contribution in [0.5, 0.6) is 0 Å². The summed E-state index contributed by atoms with van der Waals surface area (Å²) in [4.78, 5) is 29.6. The largest absolute Gasteiger partial charge is 0.383 e. The highest BCUT2D eigenvalue weighted by atomic mass is 32.1. The third-order valence-electron chi connectivity index (χ3n) is 3.68. The number of H-pyrrole nitrogens is 1. The number of aromatic amines is 1. The molecule has 0 amide bonds. The zero-order chi connectivity index (χ0) is 18.3. The van der Waals surface area contributed by atoms with Crippen molar-refractivity contribution in [1.29, 1.82) is 0 Å². The Bertz CT molecular complexity index is 667. The summed E-state index contributed by atoms with van der Waals surface area (Å²) >= 11 is 5.40. The summed E-state index contributed by atoms with van der Waals surface area (Å²) in [5.41, 5.74) is 5.35. The fourth-order valence-electron chi connectivity index (χ4n) is 2.29. The van der Waals surface area contributed by atoms with Gasteiger partial charge in [0, 0.05) is 13.1 Å². The van der Waals surface area contributed by atoms with E-state index in [1.165, 1.54) is 9.47 Å². The van der Waals surface area contributed by atoms with E-state index in [-0.39, 0.29) is 11.5 Å². The highest BCUT2D eigenvalue weighted by Crippen LogP contribution is 2.17. The second-order valence-corrected chi connectivity index (χ2v) is 6.32. The van der Waals surface area contributed by atoms with Gasteiger partial charge in [-0.15, -0.1) is 0 Å². The van der Waals surface area contributed by atoms with Gasteiger partial charge in [-0.25, -0.2) is 4.79 Å². The first-order valence-electron chi connectivity index (χ1n) is 8.30. The number of nitrogens with one attached hydrogen (secondary N) is 3. The van der Waals surface area contributed by atoms with Crippen LogP contribution in [-0.4, -0.2) is 48.4 Å². The number of rotatable bonds is 8. The van der Waals surface area contributed by atoms with Gasteiger partial charge >= 0.3 is 5.69 Å². The van der Waals surface area contributed by atoms with E-state index < -0.39 is 11.2 Å². The molecule has 0 aromatic carbocycles. The molecule has 0 bridgehead atoms. The van der Waals surface area contributed by atoms with Crippen LogP contribution in [0, 0.1) is 0 Å². The summed E-state index contributed by atoms with van der Waals surface area (Å²) < 4.78 is 1.40. The molecule has 0 spiro atoms. The Morgan fingerprint density at radius 2 is 2.04 bits per heavy atom. The highest BCUT2D eigenvalue weighted by Gasteiger charge is 2.20. The van der Waals surface area contributed by atoms with Gasteiger partial charge in [-0.1, -0.05) is 13.3 Å². The minimum atomic E-state index is -0.519. The number of nitrogens with two attached hydrogens (primary N) is 1. The molecular formula is C15H29N6O2S+. The topological polar surface area (TPSA) is 101 Å². The maximum atomic E-state index is 12.3. The van der Waals surface area contributed by atoms with Crippen LogP contribution in [0.4, 0.5) is 11.5 Å². The quantitative estimate of drug-likeness (QED) is 0.435. The highest BCUT2D eigenvalue weighted by molar-refractivity contribution is 7.80. The molecular weight excluding hydrogens is 328 g/mol. The number of nitrogens with zero attached hydrogens (tertiary/aromatic N) is 2. The number of hydrogen-bond donors (Lipinski definition) is 4. The van der Waals surface area contributed by atoms with Crippen molar-refractivity contribution in [2.75, 3.05) is 44.4 Å². The van der Waals surface area contributed by atoms with Crippen LogP contribution in [0.15, 0.2) is 9.59 Å². The van der Waals surface area contributed by atoms with E-state index >= 15 is 0 Å². The van der Waals surface area contributed by atoms with Crippen LogP contribution in [0.3, 0.4) is 0 Å². The van der Waals surface area contributed by atoms with Crippen molar-refractivity contribution in [1.82, 2.24) is 14.9 Å². The number of hydrogen-bond acceptors (Lipinski definition) is 4. The first-order chi connectivity index (χ1) is 11.3. The van der Waals surface area contributed by atoms with E-state index in [0.717, 1.165) is 19.4 Å². The third kappa shape index (κ3) is 5.07. The second kappa shape index (κ2) is 9.43. The van der Waals surface area contributed by atoms with E-state index in [2.05, 4.69) is 24.4 Å². The lowest BCUT2D eigenvalue weighted by Crippen LogP contribution is -3.06. The van der Waals surface area contributed by atoms with E-state index in [9.17, 15) is 9.59 Å². The van der Waals surface area contributed by atoms with Gasteiger partial charge in [-0.05, 0) is 25.6 Å². The fraction of sp³-hybridized carbons (Fsp3) is 0.667. The van der Waals surface area contributed by atoms with Gasteiger partial charge in [0.2, 0.25) is 0 Å². The summed E-state index contributed by atoms with van der Waals surface area (Å²) in [6, 6.07) is 0. The lowest BCUT2D eigenvalue weighted by atomic mass is 10.3. The van der Waals surface area contributed by atoms with E-state index in [4.69, 9.17) is 18.0 Å². The number of anilines is 2. The lowest BCUT2D eigenvalue weighted by molar-refractivity contribution is -0.856. The Morgan fingerprint density at radius 1 is 1.38 bits per heavy atom. The maximum Gasteiger partial charge on any atom is 0.330 e. The first-order valence-corrected chi connectivity index (χ1v) is 8.71. The molecule has 0 saturated carbocycles. The van der Waals surface area contributed by atoms with Crippen LogP contribution < -0.4 is 32.1 Å². The number of thiocarbonyl (C=S) groups is 1. The van der Waals surface area contributed by atoms with Crippen LogP contribution in [0.1, 0.15) is 26.7 Å². The summed E-state index contributed by atoms with van der Waals surface area (Å²) in [6.07, 6.45) is 1.72. The van der Waals surface area contributed by atoms with Gasteiger partial charge in [0.15, 0.2) is 10.8 Å². The molecule has 0 aliphatic heterocycles. The average molecular weight is 358 g/mol. The first kappa shape index (κ1) is 20.2. The number of quaternary nitrogens is 1. The maximum absolute atomic E-state index is 12.3. The van der Waals surface area contributed by atoms with Gasteiger partial charge < -0.3 is 20.9 Å². The Kier molecular flexibility index (Phi) is 7.93. The molecule has 136 valence electrons. The molecule has 0 unspecified atom stereocenters. The predicted octanol–water partition coefficient (Wildman–Crippen LogP) is -1.24. The standard InChI is InChI=1S/C15H28N6O2S/c1-5-7-9-21-12(16)11(13(22)18-14(21)23)20(6-2)15(24)17-8-10-19(3)4/h5-10,16H2,1-4H3,(H,17,24)(H,18,22,23)/p+1. The second-order valence-electron chi connectivity index (χ2n) is 5.93. The van der Waals surface area contributed by atoms with Crippen LogP contribution in [0.2, 0.25) is 0 Å². The van der Waals surface area contributed by atoms with Gasteiger partial charge in [-0.3, -0.25) is 14.3 Å². The van der Waals surface area contributed by atoms with Crippen molar-refractivity contribution < 1.29 is 4.90 Å². The number of likely N-dealkylation sites (N-methyl/N-ethyl adjacent to an activating group) is 1. The molecule has 0 atom stereocenters. The monoisotopic (exact) mass is 357 g/mol. The third-order valence-corrected chi connectivity index (χ3v) is 4.05. The van der Waals surface area contributed by atoms with Crippen molar-refractivity contribution in [3.05, 3.63) is 20.8 Å². The van der Waals surface area contributed by atoms with Crippen molar-refractivity contribution >= 4 is 28.8 Å². The Labute approximate surface area is 147 Å². The molecule has 0 fully saturated rings. The number of aromatic nitrogens is 2. The fourth-order valence-corrected chi connectivity index (χ4v) is 2.62. The Balaban J connectivity index is 3.14. The van der Waals surface area contributed by atoms with Gasteiger partial charge in [0.05, 0.1) is 27.2 Å². The normalized spacial score (nSPS) is 10.9.